The van der Waals surface area contributed by atoms with E-state index in [0.29, 0.717) is 12.6 Å². The van der Waals surface area contributed by atoms with Crippen molar-refractivity contribution in [2.24, 2.45) is 5.73 Å². The summed E-state index contributed by atoms with van der Waals surface area (Å²) in [7, 11) is 0.535. The number of hydrogen-bond acceptors (Lipinski definition) is 4. The Morgan fingerprint density at radius 3 is 2.29 bits per heavy atom. The second-order valence-electron chi connectivity index (χ2n) is 9.55. The average molecular weight is 436 g/mol. The number of imidazole rings is 1. The van der Waals surface area contributed by atoms with Gasteiger partial charge in [-0.15, -0.1) is 0 Å². The molecule has 0 saturated heterocycles. The number of nitrogens with zero attached hydrogens (tertiary/aromatic N) is 2. The molecule has 2 aromatic carbocycles. The summed E-state index contributed by atoms with van der Waals surface area (Å²) in [6.07, 6.45) is 0.977. The van der Waals surface area contributed by atoms with E-state index in [1.807, 2.05) is 18.2 Å². The summed E-state index contributed by atoms with van der Waals surface area (Å²) in [6, 6.07) is 19.9. The van der Waals surface area contributed by atoms with Crippen LogP contribution in [0.5, 0.6) is 5.75 Å². The third-order valence-electron chi connectivity index (χ3n) is 5.80. The molecule has 1 saturated carbocycles. The lowest BCUT2D eigenvalue weighted by Crippen LogP contribution is -2.22. The van der Waals surface area contributed by atoms with Gasteiger partial charge in [-0.05, 0) is 36.7 Å². The highest BCUT2D eigenvalue weighted by atomic mass is 28.3. The van der Waals surface area contributed by atoms with Gasteiger partial charge in [0.05, 0.1) is 18.5 Å². The summed E-state index contributed by atoms with van der Waals surface area (Å²) in [5, 5.41) is 0. The van der Waals surface area contributed by atoms with Gasteiger partial charge < -0.3 is 15.2 Å². The van der Waals surface area contributed by atoms with Gasteiger partial charge in [0.2, 0.25) is 0 Å². The van der Waals surface area contributed by atoms with Crippen molar-refractivity contribution in [3.8, 4) is 28.4 Å². The molecule has 0 aliphatic heterocycles. The highest BCUT2D eigenvalue weighted by Crippen LogP contribution is 2.45. The Labute approximate surface area is 186 Å². The Morgan fingerprint density at radius 2 is 1.71 bits per heavy atom. The van der Waals surface area contributed by atoms with E-state index in [-0.39, 0.29) is 6.04 Å². The molecule has 1 aliphatic rings. The maximum absolute atomic E-state index is 6.26. The highest BCUT2D eigenvalue weighted by molar-refractivity contribution is 6.76. The smallest absolute Gasteiger partial charge is 0.142 e. The SMILES string of the molecule is COc1ccc(-c2c(C3CC3N)nc(-c3ccccc3)n2COCC[Si](C)(C)C)cc1. The van der Waals surface area contributed by atoms with Gasteiger partial charge in [0.15, 0.2) is 0 Å². The van der Waals surface area contributed by atoms with Crippen molar-refractivity contribution < 1.29 is 9.47 Å². The quantitative estimate of drug-likeness (QED) is 0.363. The van der Waals surface area contributed by atoms with E-state index in [0.717, 1.165) is 53.2 Å². The topological polar surface area (TPSA) is 62.3 Å². The van der Waals surface area contributed by atoms with E-state index in [9.17, 15) is 0 Å². The molecule has 2 atom stereocenters. The zero-order chi connectivity index (χ0) is 22.0. The molecule has 2 unspecified atom stereocenters. The van der Waals surface area contributed by atoms with Crippen molar-refractivity contribution in [1.82, 2.24) is 9.55 Å². The molecule has 1 aromatic heterocycles. The maximum Gasteiger partial charge on any atom is 0.142 e. The predicted molar refractivity (Wildman–Crippen MR) is 129 cm³/mol. The molecule has 0 amide bonds. The first-order valence-electron chi connectivity index (χ1n) is 11.0. The zero-order valence-corrected chi connectivity index (χ0v) is 20.0. The van der Waals surface area contributed by atoms with Gasteiger partial charge in [0.1, 0.15) is 18.3 Å². The van der Waals surface area contributed by atoms with Crippen LogP contribution in [0.25, 0.3) is 22.6 Å². The van der Waals surface area contributed by atoms with Gasteiger partial charge in [0.25, 0.3) is 0 Å². The number of rotatable bonds is 9. The molecule has 3 aromatic rings. The predicted octanol–water partition coefficient (Wildman–Crippen LogP) is 5.35. The van der Waals surface area contributed by atoms with Gasteiger partial charge in [-0.25, -0.2) is 4.98 Å². The van der Waals surface area contributed by atoms with Crippen LogP contribution in [0, 0.1) is 0 Å². The second kappa shape index (κ2) is 8.98. The summed E-state index contributed by atoms with van der Waals surface area (Å²) in [5.74, 6) is 2.07. The number of hydrogen-bond donors (Lipinski definition) is 1. The van der Waals surface area contributed by atoms with Crippen LogP contribution < -0.4 is 10.5 Å². The Balaban J connectivity index is 1.76. The Kier molecular flexibility index (Phi) is 6.32. The standard InChI is InChI=1S/C25H33N3O2Si/c1-29-20-12-10-18(11-13-20)24-23(21-16-22(21)26)27-25(19-8-6-5-7-9-19)28(24)17-30-14-15-31(2,3)4/h5-13,21-22H,14-17,26H2,1-4H3. The molecule has 0 radical (unpaired) electrons. The summed E-state index contributed by atoms with van der Waals surface area (Å²) in [5.41, 5.74) is 10.6. The summed E-state index contributed by atoms with van der Waals surface area (Å²) in [4.78, 5) is 5.12. The third-order valence-corrected chi connectivity index (χ3v) is 7.50. The van der Waals surface area contributed by atoms with Gasteiger partial charge in [-0.1, -0.05) is 50.0 Å². The largest absolute Gasteiger partial charge is 0.497 e. The fourth-order valence-electron chi connectivity index (χ4n) is 3.78. The number of methoxy groups -OCH3 is 1. The van der Waals surface area contributed by atoms with E-state index < -0.39 is 8.07 Å². The second-order valence-corrected chi connectivity index (χ2v) is 15.2. The molecule has 6 heteroatoms. The van der Waals surface area contributed by atoms with Crippen molar-refractivity contribution in [2.75, 3.05) is 13.7 Å². The van der Waals surface area contributed by atoms with Crippen LogP contribution in [0.3, 0.4) is 0 Å². The lowest BCUT2D eigenvalue weighted by molar-refractivity contribution is 0.0893. The Hall–Kier alpha value is -2.41. The molecule has 1 fully saturated rings. The maximum atomic E-state index is 6.26. The van der Waals surface area contributed by atoms with Gasteiger partial charge in [-0.2, -0.15) is 0 Å². The summed E-state index contributed by atoms with van der Waals surface area (Å²) >= 11 is 0. The van der Waals surface area contributed by atoms with Crippen LogP contribution in [0.15, 0.2) is 54.6 Å². The minimum Gasteiger partial charge on any atom is -0.497 e. The Morgan fingerprint density at radius 1 is 1.03 bits per heavy atom. The van der Waals surface area contributed by atoms with Gasteiger partial charge in [0, 0.05) is 37.8 Å². The fraction of sp³-hybridized carbons (Fsp3) is 0.400. The summed E-state index contributed by atoms with van der Waals surface area (Å²) in [6.45, 7) is 8.36. The molecule has 31 heavy (non-hydrogen) atoms. The molecule has 4 rings (SSSR count). The van der Waals surface area contributed by atoms with Gasteiger partial charge >= 0.3 is 0 Å². The van der Waals surface area contributed by atoms with Crippen molar-refractivity contribution >= 4 is 8.07 Å². The lowest BCUT2D eigenvalue weighted by atomic mass is 10.1. The molecule has 1 aliphatic carbocycles. The lowest BCUT2D eigenvalue weighted by Gasteiger charge is -2.17. The first-order valence-corrected chi connectivity index (χ1v) is 14.7. The van der Waals surface area contributed by atoms with Crippen molar-refractivity contribution in [2.45, 2.75) is 50.8 Å². The van der Waals surface area contributed by atoms with Crippen LogP contribution in [0.4, 0.5) is 0 Å². The first kappa shape index (κ1) is 21.8. The van der Waals surface area contributed by atoms with E-state index >= 15 is 0 Å². The molecular formula is C25H33N3O2Si. The Bertz CT molecular complexity index is 1010. The molecule has 5 nitrogen and oxygen atoms in total. The average Bonchev–Trinajstić information content (AvgIpc) is 3.37. The monoisotopic (exact) mass is 435 g/mol. The number of ether oxygens (including phenoxy) is 2. The number of nitrogens with two attached hydrogens (primary N) is 1. The van der Waals surface area contributed by atoms with E-state index in [1.165, 1.54) is 0 Å². The normalized spacial score (nSPS) is 18.2. The fourth-order valence-corrected chi connectivity index (χ4v) is 4.54. The van der Waals surface area contributed by atoms with Crippen molar-refractivity contribution in [3.05, 3.63) is 60.3 Å². The molecule has 0 bridgehead atoms. The minimum absolute atomic E-state index is 0.178. The van der Waals surface area contributed by atoms with Gasteiger partial charge in [-0.3, -0.25) is 4.57 Å². The van der Waals surface area contributed by atoms with Crippen LogP contribution >= 0.6 is 0 Å². The third kappa shape index (κ3) is 5.09. The van der Waals surface area contributed by atoms with Crippen LogP contribution in [-0.2, 0) is 11.5 Å². The molecule has 164 valence electrons. The van der Waals surface area contributed by atoms with E-state index in [4.69, 9.17) is 20.2 Å². The zero-order valence-electron chi connectivity index (χ0n) is 19.0. The first-order chi connectivity index (χ1) is 14.9. The van der Waals surface area contributed by atoms with E-state index in [2.05, 4.69) is 60.6 Å². The molecule has 2 N–H and O–H groups in total. The van der Waals surface area contributed by atoms with Crippen LogP contribution in [0.1, 0.15) is 18.0 Å². The minimum atomic E-state index is -1.15. The van der Waals surface area contributed by atoms with Crippen LogP contribution in [0.2, 0.25) is 25.7 Å². The highest BCUT2D eigenvalue weighted by Gasteiger charge is 2.40. The number of benzene rings is 2. The number of aromatic nitrogens is 2. The molecular weight excluding hydrogens is 402 g/mol. The summed E-state index contributed by atoms with van der Waals surface area (Å²) < 4.78 is 13.8. The van der Waals surface area contributed by atoms with Crippen molar-refractivity contribution in [3.63, 3.8) is 0 Å². The van der Waals surface area contributed by atoms with Crippen LogP contribution in [-0.4, -0.2) is 37.4 Å². The molecule has 1 heterocycles. The van der Waals surface area contributed by atoms with Crippen molar-refractivity contribution in [1.29, 1.82) is 0 Å². The van der Waals surface area contributed by atoms with E-state index in [1.54, 1.807) is 7.11 Å². The molecule has 0 spiro atoms.